The molecule has 1 aromatic carbocycles. The number of likely N-dealkylation sites (N-methyl/N-ethyl adjacent to an activating group) is 1. The third kappa shape index (κ3) is 3.59. The molecule has 1 atom stereocenters. The summed E-state index contributed by atoms with van der Waals surface area (Å²) in [5.41, 5.74) is 0.806. The van der Waals surface area contributed by atoms with Gasteiger partial charge in [-0.3, -0.25) is 4.90 Å². The molecule has 1 heterocycles. The molecule has 2 N–H and O–H groups in total. The zero-order valence-corrected chi connectivity index (χ0v) is 11.2. The van der Waals surface area contributed by atoms with Gasteiger partial charge in [-0.1, -0.05) is 13.0 Å². The van der Waals surface area contributed by atoms with Gasteiger partial charge in [-0.25, -0.2) is 0 Å². The first-order chi connectivity index (χ1) is 9.24. The average molecular weight is 267 g/mol. The van der Waals surface area contributed by atoms with Crippen molar-refractivity contribution in [2.24, 2.45) is 0 Å². The lowest BCUT2D eigenvalue weighted by atomic mass is 10.1. The first-order valence-corrected chi connectivity index (χ1v) is 6.65. The number of nitrogens with zero attached hydrogens (tertiary/aromatic N) is 1. The number of ether oxygens (including phenoxy) is 2. The Labute approximate surface area is 113 Å². The van der Waals surface area contributed by atoms with Gasteiger partial charge < -0.3 is 19.7 Å². The summed E-state index contributed by atoms with van der Waals surface area (Å²) in [7, 11) is 0. The van der Waals surface area contributed by atoms with E-state index in [1.54, 1.807) is 0 Å². The van der Waals surface area contributed by atoms with Gasteiger partial charge in [-0.05, 0) is 24.2 Å². The molecular weight excluding hydrogens is 246 g/mol. The van der Waals surface area contributed by atoms with Crippen molar-refractivity contribution < 1.29 is 19.7 Å². The third-order valence-electron chi connectivity index (χ3n) is 3.25. The van der Waals surface area contributed by atoms with Crippen LogP contribution in [0.3, 0.4) is 0 Å². The van der Waals surface area contributed by atoms with Crippen molar-refractivity contribution in [1.82, 2.24) is 4.90 Å². The average Bonchev–Trinajstić information content (AvgIpc) is 2.46. The zero-order chi connectivity index (χ0) is 13.7. The normalized spacial score (nSPS) is 15.6. The van der Waals surface area contributed by atoms with E-state index in [4.69, 9.17) is 14.6 Å². The molecule has 1 aromatic rings. The van der Waals surface area contributed by atoms with Crippen LogP contribution in [-0.4, -0.2) is 54.6 Å². The van der Waals surface area contributed by atoms with Gasteiger partial charge in [0.15, 0.2) is 11.5 Å². The van der Waals surface area contributed by atoms with E-state index in [1.807, 2.05) is 30.0 Å². The highest BCUT2D eigenvalue weighted by Gasteiger charge is 2.17. The molecule has 0 amide bonds. The van der Waals surface area contributed by atoms with Gasteiger partial charge in [0.25, 0.3) is 0 Å². The van der Waals surface area contributed by atoms with Crippen molar-refractivity contribution in [2.75, 3.05) is 39.5 Å². The smallest absolute Gasteiger partial charge is 0.161 e. The van der Waals surface area contributed by atoms with Crippen LogP contribution in [0.2, 0.25) is 0 Å². The fourth-order valence-electron chi connectivity index (χ4n) is 2.14. The molecule has 0 saturated carbocycles. The number of benzene rings is 1. The topological polar surface area (TPSA) is 62.2 Å². The Kier molecular flexibility index (Phi) is 5.01. The molecule has 1 aliphatic heterocycles. The van der Waals surface area contributed by atoms with Crippen LogP contribution in [-0.2, 0) is 0 Å². The maximum absolute atomic E-state index is 10.2. The molecule has 0 unspecified atom stereocenters. The molecule has 1 aliphatic rings. The second-order valence-electron chi connectivity index (χ2n) is 4.54. The summed E-state index contributed by atoms with van der Waals surface area (Å²) in [4.78, 5) is 2.00. The highest BCUT2D eigenvalue weighted by atomic mass is 16.6. The number of hydrogen-bond donors (Lipinski definition) is 2. The Morgan fingerprint density at radius 1 is 1.26 bits per heavy atom. The monoisotopic (exact) mass is 267 g/mol. The van der Waals surface area contributed by atoms with Crippen molar-refractivity contribution in [3.63, 3.8) is 0 Å². The van der Waals surface area contributed by atoms with Crippen molar-refractivity contribution in [1.29, 1.82) is 0 Å². The minimum absolute atomic E-state index is 0.0989. The van der Waals surface area contributed by atoms with E-state index < -0.39 is 6.10 Å². The van der Waals surface area contributed by atoms with Crippen LogP contribution in [0.1, 0.15) is 18.6 Å². The van der Waals surface area contributed by atoms with Gasteiger partial charge in [0, 0.05) is 13.1 Å². The van der Waals surface area contributed by atoms with E-state index in [1.165, 1.54) is 0 Å². The second-order valence-corrected chi connectivity index (χ2v) is 4.54. The number of rotatable bonds is 6. The van der Waals surface area contributed by atoms with Crippen molar-refractivity contribution in [3.05, 3.63) is 23.8 Å². The van der Waals surface area contributed by atoms with Gasteiger partial charge in [0.05, 0.1) is 12.7 Å². The predicted octanol–water partition coefficient (Wildman–Crippen LogP) is 0.805. The molecule has 0 spiro atoms. The SMILES string of the molecule is CCN(CCO)C[C@@H](O)c1ccc2c(c1)OCCO2. The molecule has 5 heteroatoms. The van der Waals surface area contributed by atoms with Crippen LogP contribution in [0.15, 0.2) is 18.2 Å². The molecule has 0 aromatic heterocycles. The van der Waals surface area contributed by atoms with Crippen LogP contribution in [0.4, 0.5) is 0 Å². The van der Waals surface area contributed by atoms with Crippen LogP contribution < -0.4 is 9.47 Å². The van der Waals surface area contributed by atoms with E-state index in [0.717, 1.165) is 17.9 Å². The quantitative estimate of drug-likeness (QED) is 0.798. The van der Waals surface area contributed by atoms with Crippen molar-refractivity contribution in [3.8, 4) is 11.5 Å². The summed E-state index contributed by atoms with van der Waals surface area (Å²) in [6.45, 7) is 5.07. The summed E-state index contributed by atoms with van der Waals surface area (Å²) < 4.78 is 11.0. The summed E-state index contributed by atoms with van der Waals surface area (Å²) >= 11 is 0. The van der Waals surface area contributed by atoms with Crippen LogP contribution in [0.5, 0.6) is 11.5 Å². The summed E-state index contributed by atoms with van der Waals surface area (Å²) in [6, 6.07) is 5.51. The minimum atomic E-state index is -0.595. The molecule has 106 valence electrons. The standard InChI is InChI=1S/C14H21NO4/c1-2-15(5-6-16)10-12(17)11-3-4-13-14(9-11)19-8-7-18-13/h3-4,9,12,16-17H,2,5-8,10H2,1H3/t12-/m1/s1. The number of aliphatic hydroxyl groups is 2. The number of aliphatic hydroxyl groups excluding tert-OH is 2. The fraction of sp³-hybridized carbons (Fsp3) is 0.571. The zero-order valence-electron chi connectivity index (χ0n) is 11.2. The number of hydrogen-bond acceptors (Lipinski definition) is 5. The van der Waals surface area contributed by atoms with Crippen molar-refractivity contribution >= 4 is 0 Å². The van der Waals surface area contributed by atoms with E-state index >= 15 is 0 Å². The maximum Gasteiger partial charge on any atom is 0.161 e. The number of fused-ring (bicyclic) bond motifs is 1. The van der Waals surface area contributed by atoms with Gasteiger partial charge in [-0.2, -0.15) is 0 Å². The maximum atomic E-state index is 10.2. The van der Waals surface area contributed by atoms with Gasteiger partial charge in [-0.15, -0.1) is 0 Å². The summed E-state index contributed by atoms with van der Waals surface area (Å²) in [5, 5.41) is 19.2. The largest absolute Gasteiger partial charge is 0.486 e. The molecule has 0 aliphatic carbocycles. The third-order valence-corrected chi connectivity index (χ3v) is 3.25. The van der Waals surface area contributed by atoms with E-state index in [-0.39, 0.29) is 6.61 Å². The molecular formula is C14H21NO4. The van der Waals surface area contributed by atoms with Gasteiger partial charge >= 0.3 is 0 Å². The molecule has 0 saturated heterocycles. The van der Waals surface area contributed by atoms with Gasteiger partial charge in [0.1, 0.15) is 13.2 Å². The molecule has 0 fully saturated rings. The van der Waals surface area contributed by atoms with E-state index in [9.17, 15) is 5.11 Å². The molecule has 0 bridgehead atoms. The Hall–Kier alpha value is -1.30. The first kappa shape index (κ1) is 14.1. The van der Waals surface area contributed by atoms with Crippen LogP contribution in [0, 0.1) is 0 Å². The summed E-state index contributed by atoms with van der Waals surface area (Å²) in [5.74, 6) is 1.41. The van der Waals surface area contributed by atoms with Crippen LogP contribution >= 0.6 is 0 Å². The lowest BCUT2D eigenvalue weighted by molar-refractivity contribution is 0.102. The van der Waals surface area contributed by atoms with E-state index in [0.29, 0.717) is 32.1 Å². The lowest BCUT2D eigenvalue weighted by Crippen LogP contribution is -2.31. The highest BCUT2D eigenvalue weighted by molar-refractivity contribution is 5.44. The Bertz CT molecular complexity index is 410. The fourth-order valence-corrected chi connectivity index (χ4v) is 2.14. The lowest BCUT2D eigenvalue weighted by Gasteiger charge is -2.24. The van der Waals surface area contributed by atoms with Gasteiger partial charge in [0.2, 0.25) is 0 Å². The van der Waals surface area contributed by atoms with Crippen LogP contribution in [0.25, 0.3) is 0 Å². The Balaban J connectivity index is 2.04. The van der Waals surface area contributed by atoms with Crippen molar-refractivity contribution in [2.45, 2.75) is 13.0 Å². The molecule has 2 rings (SSSR count). The predicted molar refractivity (Wildman–Crippen MR) is 71.6 cm³/mol. The Morgan fingerprint density at radius 3 is 2.68 bits per heavy atom. The first-order valence-electron chi connectivity index (χ1n) is 6.65. The Morgan fingerprint density at radius 2 is 2.00 bits per heavy atom. The summed E-state index contributed by atoms with van der Waals surface area (Å²) in [6.07, 6.45) is -0.595. The van der Waals surface area contributed by atoms with E-state index in [2.05, 4.69) is 0 Å². The highest BCUT2D eigenvalue weighted by Crippen LogP contribution is 2.32. The second kappa shape index (κ2) is 6.75. The molecule has 0 radical (unpaired) electrons. The molecule has 5 nitrogen and oxygen atoms in total. The minimum Gasteiger partial charge on any atom is -0.486 e. The molecule has 19 heavy (non-hydrogen) atoms.